The second-order valence-electron chi connectivity index (χ2n) is 4.37. The Kier molecular flexibility index (Phi) is 5.88. The number of hydrogen-bond acceptors (Lipinski definition) is 6. The van der Waals surface area contributed by atoms with Gasteiger partial charge in [-0.2, -0.15) is 0 Å². The number of thiophene rings is 1. The van der Waals surface area contributed by atoms with Crippen LogP contribution in [0.3, 0.4) is 0 Å². The smallest absolute Gasteiger partial charge is 0.258 e. The minimum Gasteiger partial charge on any atom is -0.397 e. The molecule has 0 atom stereocenters. The van der Waals surface area contributed by atoms with Gasteiger partial charge >= 0.3 is 0 Å². The van der Waals surface area contributed by atoms with Gasteiger partial charge in [0.15, 0.2) is 0 Å². The Labute approximate surface area is 138 Å². The van der Waals surface area contributed by atoms with E-state index in [1.165, 1.54) is 10.3 Å². The minimum atomic E-state index is -0.228. The molecular weight excluding hydrogens is 316 g/mol. The number of amides is 1. The summed E-state index contributed by atoms with van der Waals surface area (Å²) in [6, 6.07) is 9.84. The topological polar surface area (TPSA) is 70.4 Å². The number of hydrazine groups is 1. The van der Waals surface area contributed by atoms with Gasteiger partial charge in [0.25, 0.3) is 5.91 Å². The fourth-order valence-electron chi connectivity index (χ4n) is 1.82. The van der Waals surface area contributed by atoms with Gasteiger partial charge in [0.1, 0.15) is 0 Å². The molecule has 0 spiro atoms. The number of nitrogens with two attached hydrogens (primary N) is 1. The van der Waals surface area contributed by atoms with E-state index >= 15 is 0 Å². The average molecular weight is 334 g/mol. The quantitative estimate of drug-likeness (QED) is 0.328. The van der Waals surface area contributed by atoms with E-state index in [1.807, 2.05) is 41.0 Å². The lowest BCUT2D eigenvalue weighted by molar-refractivity contribution is -0.117. The summed E-state index contributed by atoms with van der Waals surface area (Å²) in [4.78, 5) is 11.4. The van der Waals surface area contributed by atoms with Crippen molar-refractivity contribution in [1.82, 2.24) is 10.9 Å². The minimum absolute atomic E-state index is 0.228. The van der Waals surface area contributed by atoms with E-state index in [4.69, 9.17) is 5.73 Å². The molecular formula is C15H18N4OS2. The van der Waals surface area contributed by atoms with Crippen molar-refractivity contribution in [3.63, 3.8) is 0 Å². The molecule has 0 aliphatic carbocycles. The van der Waals surface area contributed by atoms with Gasteiger partial charge < -0.3 is 10.0 Å². The van der Waals surface area contributed by atoms with E-state index in [1.54, 1.807) is 36.4 Å². The largest absolute Gasteiger partial charge is 0.397 e. The molecule has 0 unspecified atom stereocenters. The number of anilines is 2. The zero-order chi connectivity index (χ0) is 15.9. The first-order valence-corrected chi connectivity index (χ1v) is 8.25. The lowest BCUT2D eigenvalue weighted by atomic mass is 10.1. The van der Waals surface area contributed by atoms with E-state index < -0.39 is 0 Å². The third-order valence-corrected chi connectivity index (χ3v) is 4.80. The Bertz CT molecular complexity index is 656. The number of nitrogen functional groups attached to an aromatic ring is 1. The average Bonchev–Trinajstić information content (AvgIpc) is 2.99. The molecule has 0 radical (unpaired) electrons. The molecule has 4 N–H and O–H groups in total. The van der Waals surface area contributed by atoms with Gasteiger partial charge in [-0.3, -0.25) is 10.2 Å². The predicted octanol–water partition coefficient (Wildman–Crippen LogP) is 2.74. The predicted molar refractivity (Wildman–Crippen MR) is 95.7 cm³/mol. The van der Waals surface area contributed by atoms with E-state index in [0.29, 0.717) is 5.69 Å². The van der Waals surface area contributed by atoms with E-state index in [9.17, 15) is 4.79 Å². The van der Waals surface area contributed by atoms with Gasteiger partial charge in [0.2, 0.25) is 0 Å². The maximum atomic E-state index is 11.4. The van der Waals surface area contributed by atoms with Crippen LogP contribution in [0.4, 0.5) is 11.4 Å². The molecule has 1 aromatic heterocycles. The molecule has 2 aromatic rings. The summed E-state index contributed by atoms with van der Waals surface area (Å²) in [5, 5.41) is 2.04. The van der Waals surface area contributed by atoms with Crippen LogP contribution in [-0.4, -0.2) is 20.0 Å². The van der Waals surface area contributed by atoms with Crippen molar-refractivity contribution in [2.75, 3.05) is 24.1 Å². The molecule has 22 heavy (non-hydrogen) atoms. The zero-order valence-electron chi connectivity index (χ0n) is 12.4. The van der Waals surface area contributed by atoms with Crippen molar-refractivity contribution in [1.29, 1.82) is 0 Å². The van der Waals surface area contributed by atoms with Crippen LogP contribution < -0.4 is 20.9 Å². The molecule has 1 aromatic carbocycles. The van der Waals surface area contributed by atoms with Gasteiger partial charge in [0.05, 0.1) is 15.6 Å². The van der Waals surface area contributed by atoms with Crippen LogP contribution >= 0.6 is 23.3 Å². The number of nitrogens with zero attached hydrogens (tertiary/aromatic N) is 1. The lowest BCUT2D eigenvalue weighted by Gasteiger charge is -2.19. The van der Waals surface area contributed by atoms with E-state index in [-0.39, 0.29) is 5.91 Å². The Morgan fingerprint density at radius 1 is 1.36 bits per heavy atom. The van der Waals surface area contributed by atoms with Crippen LogP contribution in [0.2, 0.25) is 0 Å². The normalized spacial score (nSPS) is 10.8. The van der Waals surface area contributed by atoms with Crippen molar-refractivity contribution in [3.05, 3.63) is 47.4 Å². The molecule has 0 saturated carbocycles. The summed E-state index contributed by atoms with van der Waals surface area (Å²) in [5.41, 5.74) is 13.6. The molecule has 1 heterocycles. The number of carbonyl (C=O) groups is 1. The number of nitrogens with one attached hydrogen (secondary N) is 2. The Hall–Kier alpha value is -1.96. The van der Waals surface area contributed by atoms with Crippen molar-refractivity contribution >= 4 is 46.6 Å². The molecule has 116 valence electrons. The van der Waals surface area contributed by atoms with Crippen LogP contribution in [0, 0.1) is 0 Å². The summed E-state index contributed by atoms with van der Waals surface area (Å²) < 4.78 is 3.21. The van der Waals surface area contributed by atoms with Crippen LogP contribution in [0.15, 0.2) is 46.0 Å². The van der Waals surface area contributed by atoms with Gasteiger partial charge in [-0.05, 0) is 41.1 Å². The van der Waals surface area contributed by atoms with E-state index in [0.717, 1.165) is 11.3 Å². The third-order valence-electron chi connectivity index (χ3n) is 2.84. The Morgan fingerprint density at radius 2 is 2.18 bits per heavy atom. The molecule has 0 aliphatic rings. The first-order chi connectivity index (χ1) is 10.6. The fourth-order valence-corrected chi connectivity index (χ4v) is 3.61. The molecule has 0 fully saturated rings. The maximum Gasteiger partial charge on any atom is 0.258 e. The summed E-state index contributed by atoms with van der Waals surface area (Å²) >= 11 is 3.30. The number of benzene rings is 1. The van der Waals surface area contributed by atoms with Crippen LogP contribution in [0.1, 0.15) is 5.56 Å². The van der Waals surface area contributed by atoms with Gasteiger partial charge in [-0.15, -0.1) is 11.3 Å². The number of para-hydroxylation sites is 1. The highest BCUT2D eigenvalue weighted by molar-refractivity contribution is 8.02. The van der Waals surface area contributed by atoms with Gasteiger partial charge in [0, 0.05) is 20.2 Å². The van der Waals surface area contributed by atoms with Crippen LogP contribution in [0.5, 0.6) is 0 Å². The SMILES string of the molecule is CNNC(=O)/C=C/c1cccc(N(C)Sc2cccs2)c1N. The Balaban J connectivity index is 2.16. The first-order valence-electron chi connectivity index (χ1n) is 6.60. The second kappa shape index (κ2) is 7.88. The van der Waals surface area contributed by atoms with Crippen molar-refractivity contribution in [2.24, 2.45) is 0 Å². The lowest BCUT2D eigenvalue weighted by Crippen LogP contribution is -2.32. The zero-order valence-corrected chi connectivity index (χ0v) is 14.0. The molecule has 7 heteroatoms. The molecule has 0 saturated heterocycles. The molecule has 0 bridgehead atoms. The fraction of sp³-hybridized carbons (Fsp3) is 0.133. The monoisotopic (exact) mass is 334 g/mol. The van der Waals surface area contributed by atoms with Crippen molar-refractivity contribution in [3.8, 4) is 0 Å². The van der Waals surface area contributed by atoms with Crippen molar-refractivity contribution in [2.45, 2.75) is 4.21 Å². The molecule has 5 nitrogen and oxygen atoms in total. The van der Waals surface area contributed by atoms with Crippen LogP contribution in [-0.2, 0) is 4.79 Å². The molecule has 1 amide bonds. The number of rotatable bonds is 6. The number of carbonyl (C=O) groups excluding carboxylic acids is 1. The highest BCUT2D eigenvalue weighted by Crippen LogP contribution is 2.35. The highest BCUT2D eigenvalue weighted by Gasteiger charge is 2.10. The number of hydrogen-bond donors (Lipinski definition) is 3. The third kappa shape index (κ3) is 4.27. The molecule has 0 aliphatic heterocycles. The standard InChI is InChI=1S/C15H18N4OS2/c1-17-18-13(20)9-8-11-5-3-6-12(15(11)16)19(2)22-14-7-4-10-21-14/h3-10,17H,16H2,1-2H3,(H,18,20)/b9-8+. The van der Waals surface area contributed by atoms with Gasteiger partial charge in [-0.25, -0.2) is 5.43 Å². The first kappa shape index (κ1) is 16.4. The molecule has 2 rings (SSSR count). The summed E-state index contributed by atoms with van der Waals surface area (Å²) in [7, 11) is 3.61. The van der Waals surface area contributed by atoms with Gasteiger partial charge in [-0.1, -0.05) is 18.2 Å². The Morgan fingerprint density at radius 3 is 2.86 bits per heavy atom. The van der Waals surface area contributed by atoms with Crippen molar-refractivity contribution < 1.29 is 4.79 Å². The van der Waals surface area contributed by atoms with Crippen LogP contribution in [0.25, 0.3) is 6.08 Å². The highest BCUT2D eigenvalue weighted by atomic mass is 32.2. The summed E-state index contributed by atoms with van der Waals surface area (Å²) in [5.74, 6) is -0.228. The van der Waals surface area contributed by atoms with E-state index in [2.05, 4.69) is 16.9 Å². The summed E-state index contributed by atoms with van der Waals surface area (Å²) in [6.07, 6.45) is 3.15. The summed E-state index contributed by atoms with van der Waals surface area (Å²) in [6.45, 7) is 0. The maximum absolute atomic E-state index is 11.4. The second-order valence-corrected chi connectivity index (χ2v) is 6.75.